The van der Waals surface area contributed by atoms with E-state index in [1.54, 1.807) is 0 Å². The van der Waals surface area contributed by atoms with Crippen LogP contribution >= 0.6 is 0 Å². The molecule has 1 atom stereocenters. The maximum atomic E-state index is 12.8. The molecule has 0 saturated carbocycles. The van der Waals surface area contributed by atoms with Gasteiger partial charge >= 0.3 is 0 Å². The molecule has 0 bridgehead atoms. The molecule has 226 valence electrons. The summed E-state index contributed by atoms with van der Waals surface area (Å²) in [6, 6.07) is 34.7. The van der Waals surface area contributed by atoms with Crippen LogP contribution in [0.15, 0.2) is 103 Å². The van der Waals surface area contributed by atoms with Crippen molar-refractivity contribution in [1.29, 1.82) is 0 Å². The highest BCUT2D eigenvalue weighted by atomic mass is 19.1. The quantitative estimate of drug-likeness (QED) is 0.137. The number of benzene rings is 4. The van der Waals surface area contributed by atoms with Gasteiger partial charge in [-0.25, -0.2) is 9.37 Å². The largest absolute Gasteiger partial charge is 0.463 e. The summed E-state index contributed by atoms with van der Waals surface area (Å²) in [5, 5.41) is 0. The van der Waals surface area contributed by atoms with Gasteiger partial charge in [0.25, 0.3) is 0 Å². The average Bonchev–Trinajstić information content (AvgIpc) is 3.69. The van der Waals surface area contributed by atoms with E-state index in [9.17, 15) is 4.39 Å². The lowest BCUT2D eigenvalue weighted by atomic mass is 10.0. The molecule has 1 aromatic heterocycles. The van der Waals surface area contributed by atoms with E-state index in [2.05, 4.69) is 84.0 Å². The first-order chi connectivity index (χ1) is 21.6. The van der Waals surface area contributed by atoms with E-state index in [0.717, 1.165) is 64.7 Å². The number of halogens is 1. The predicted molar refractivity (Wildman–Crippen MR) is 171 cm³/mol. The second-order valence-corrected chi connectivity index (χ2v) is 11.1. The van der Waals surface area contributed by atoms with Crippen LogP contribution in [0.25, 0.3) is 22.6 Å². The fourth-order valence-electron chi connectivity index (χ4n) is 5.81. The van der Waals surface area contributed by atoms with Gasteiger partial charge in [0.1, 0.15) is 11.6 Å². The minimum Gasteiger partial charge on any atom is -0.463 e. The summed E-state index contributed by atoms with van der Waals surface area (Å²) in [5.74, 6) is 3.04. The highest BCUT2D eigenvalue weighted by molar-refractivity contribution is 5.69. The van der Waals surface area contributed by atoms with Crippen LogP contribution in [0, 0.1) is 0 Å². The standard InChI is InChI=1S/C37H38FN3O3/c1-3-4-21-41-36(35(30-11-7-5-8-12-30)39-37(41)31-13-9-6-10-14-31)27(2)40(23-28-15-18-32(19-16-28)42-25-38)24-29-17-20-33-34(22-29)44-26-43-33/h5-20,22,27H,3-4,21,23-26H2,1-2H3/t27-/m1/s1. The van der Waals surface area contributed by atoms with Crippen molar-refractivity contribution in [2.75, 3.05) is 13.7 Å². The van der Waals surface area contributed by atoms with Gasteiger partial charge in [-0.1, -0.05) is 92.2 Å². The zero-order valence-corrected chi connectivity index (χ0v) is 25.3. The Morgan fingerprint density at radius 3 is 2.20 bits per heavy atom. The first kappa shape index (κ1) is 29.5. The SMILES string of the molecule is CCCCn1c(-c2ccccc2)nc(-c2ccccc2)c1[C@@H](C)N(Cc1ccc(OCF)cc1)Cc1ccc2c(c1)OCO2. The van der Waals surface area contributed by atoms with Gasteiger partial charge in [0.05, 0.1) is 17.4 Å². The Hall–Kier alpha value is -4.62. The van der Waals surface area contributed by atoms with E-state index in [0.29, 0.717) is 18.8 Å². The average molecular weight is 592 g/mol. The number of imidazole rings is 1. The molecule has 6 rings (SSSR count). The molecule has 1 aliphatic rings. The Kier molecular flexibility index (Phi) is 9.22. The lowest BCUT2D eigenvalue weighted by Gasteiger charge is -2.31. The van der Waals surface area contributed by atoms with Crippen LogP contribution in [0.5, 0.6) is 17.2 Å². The minimum absolute atomic E-state index is 0.0146. The third-order valence-electron chi connectivity index (χ3n) is 8.12. The van der Waals surface area contributed by atoms with Gasteiger partial charge in [0, 0.05) is 30.8 Å². The lowest BCUT2D eigenvalue weighted by Crippen LogP contribution is -2.28. The molecule has 0 unspecified atom stereocenters. The van der Waals surface area contributed by atoms with Gasteiger partial charge in [0.15, 0.2) is 11.5 Å². The minimum atomic E-state index is -0.847. The number of nitrogens with zero attached hydrogens (tertiary/aromatic N) is 3. The molecule has 0 amide bonds. The molecular formula is C37H38FN3O3. The number of ether oxygens (including phenoxy) is 3. The molecule has 0 N–H and O–H groups in total. The summed E-state index contributed by atoms with van der Waals surface area (Å²) in [5.41, 5.74) is 6.61. The van der Waals surface area contributed by atoms with E-state index < -0.39 is 6.86 Å². The van der Waals surface area contributed by atoms with Crippen LogP contribution in [0.1, 0.15) is 49.6 Å². The van der Waals surface area contributed by atoms with Crippen molar-refractivity contribution in [2.45, 2.75) is 52.4 Å². The van der Waals surface area contributed by atoms with Gasteiger partial charge in [-0.15, -0.1) is 0 Å². The molecule has 0 saturated heterocycles. The number of rotatable bonds is 13. The van der Waals surface area contributed by atoms with Gasteiger partial charge in [-0.3, -0.25) is 4.90 Å². The molecule has 2 heterocycles. The van der Waals surface area contributed by atoms with E-state index in [4.69, 9.17) is 19.2 Å². The highest BCUT2D eigenvalue weighted by Gasteiger charge is 2.28. The third-order valence-corrected chi connectivity index (χ3v) is 8.12. The molecule has 0 radical (unpaired) electrons. The number of unbranched alkanes of at least 4 members (excludes halogenated alkanes) is 1. The normalized spacial score (nSPS) is 12.9. The van der Waals surface area contributed by atoms with Gasteiger partial charge in [-0.2, -0.15) is 0 Å². The molecule has 7 heteroatoms. The molecule has 44 heavy (non-hydrogen) atoms. The van der Waals surface area contributed by atoms with Crippen molar-refractivity contribution in [1.82, 2.24) is 14.5 Å². The van der Waals surface area contributed by atoms with Crippen LogP contribution in [0.3, 0.4) is 0 Å². The maximum Gasteiger partial charge on any atom is 0.231 e. The highest BCUT2D eigenvalue weighted by Crippen LogP contribution is 2.38. The second kappa shape index (κ2) is 13.8. The number of alkyl halides is 1. The second-order valence-electron chi connectivity index (χ2n) is 11.1. The Morgan fingerprint density at radius 2 is 1.50 bits per heavy atom. The van der Waals surface area contributed by atoms with Crippen LogP contribution in [0.2, 0.25) is 0 Å². The van der Waals surface area contributed by atoms with Gasteiger partial charge in [0.2, 0.25) is 13.7 Å². The van der Waals surface area contributed by atoms with Crippen LogP contribution in [-0.2, 0) is 19.6 Å². The van der Waals surface area contributed by atoms with Crippen molar-refractivity contribution < 1.29 is 18.6 Å². The van der Waals surface area contributed by atoms with E-state index in [1.165, 1.54) is 5.69 Å². The first-order valence-corrected chi connectivity index (χ1v) is 15.3. The van der Waals surface area contributed by atoms with Crippen molar-refractivity contribution in [2.24, 2.45) is 0 Å². The van der Waals surface area contributed by atoms with Crippen molar-refractivity contribution in [3.63, 3.8) is 0 Å². The van der Waals surface area contributed by atoms with Crippen LogP contribution in [0.4, 0.5) is 4.39 Å². The topological polar surface area (TPSA) is 48.8 Å². The van der Waals surface area contributed by atoms with Crippen molar-refractivity contribution >= 4 is 0 Å². The third kappa shape index (κ3) is 6.48. The summed E-state index contributed by atoms with van der Waals surface area (Å²) < 4.78 is 31.6. The van der Waals surface area contributed by atoms with E-state index in [-0.39, 0.29) is 12.8 Å². The van der Waals surface area contributed by atoms with Gasteiger partial charge in [-0.05, 0) is 48.7 Å². The zero-order chi connectivity index (χ0) is 30.3. The number of hydrogen-bond donors (Lipinski definition) is 0. The Morgan fingerprint density at radius 1 is 0.841 bits per heavy atom. The predicted octanol–water partition coefficient (Wildman–Crippen LogP) is 8.82. The molecule has 0 aliphatic carbocycles. The van der Waals surface area contributed by atoms with Crippen LogP contribution in [-0.4, -0.2) is 28.1 Å². The zero-order valence-electron chi connectivity index (χ0n) is 25.3. The summed E-state index contributed by atoms with van der Waals surface area (Å²) >= 11 is 0. The maximum absolute atomic E-state index is 12.8. The molecule has 0 spiro atoms. The molecule has 6 nitrogen and oxygen atoms in total. The number of fused-ring (bicyclic) bond motifs is 1. The fourth-order valence-corrected chi connectivity index (χ4v) is 5.81. The van der Waals surface area contributed by atoms with Crippen molar-refractivity contribution in [3.8, 4) is 39.9 Å². The van der Waals surface area contributed by atoms with Gasteiger partial charge < -0.3 is 18.8 Å². The smallest absolute Gasteiger partial charge is 0.231 e. The van der Waals surface area contributed by atoms with E-state index >= 15 is 0 Å². The molecule has 4 aromatic carbocycles. The van der Waals surface area contributed by atoms with Crippen molar-refractivity contribution in [3.05, 3.63) is 120 Å². The molecule has 5 aromatic rings. The molecular weight excluding hydrogens is 553 g/mol. The summed E-state index contributed by atoms with van der Waals surface area (Å²) in [7, 11) is 0. The Bertz CT molecular complexity index is 1660. The molecule has 0 fully saturated rings. The number of hydrogen-bond acceptors (Lipinski definition) is 5. The van der Waals surface area contributed by atoms with Crippen LogP contribution < -0.4 is 14.2 Å². The number of aromatic nitrogens is 2. The lowest BCUT2D eigenvalue weighted by molar-refractivity contribution is 0.173. The van der Waals surface area contributed by atoms with E-state index in [1.807, 2.05) is 42.5 Å². The summed E-state index contributed by atoms with van der Waals surface area (Å²) in [4.78, 5) is 7.81. The first-order valence-electron chi connectivity index (χ1n) is 15.3. The molecule has 1 aliphatic heterocycles. The Labute approximate surface area is 258 Å². The fraction of sp³-hybridized carbons (Fsp3) is 0.270. The monoisotopic (exact) mass is 591 g/mol. The Balaban J connectivity index is 1.46. The summed E-state index contributed by atoms with van der Waals surface area (Å²) in [6.07, 6.45) is 2.12. The summed E-state index contributed by atoms with van der Waals surface area (Å²) in [6.45, 7) is 6.10.